The SMILES string of the molecule is COc1ccc(NC(C)=O)cc1NC(=O)C(C)N1CCNCC1.Cl.Cl. The number of hydrogen-bond acceptors (Lipinski definition) is 5. The van der Waals surface area contributed by atoms with E-state index in [0.717, 1.165) is 26.2 Å². The van der Waals surface area contributed by atoms with Crippen LogP contribution >= 0.6 is 24.8 Å². The summed E-state index contributed by atoms with van der Waals surface area (Å²) in [6.07, 6.45) is 0. The third kappa shape index (κ3) is 6.70. The van der Waals surface area contributed by atoms with E-state index in [0.29, 0.717) is 17.1 Å². The van der Waals surface area contributed by atoms with Crippen LogP contribution in [0.2, 0.25) is 0 Å². The van der Waals surface area contributed by atoms with Gasteiger partial charge in [-0.2, -0.15) is 0 Å². The van der Waals surface area contributed by atoms with Crippen molar-refractivity contribution >= 4 is 48.0 Å². The molecule has 0 aliphatic carbocycles. The zero-order valence-electron chi connectivity index (χ0n) is 14.6. The van der Waals surface area contributed by atoms with Gasteiger partial charge in [0.05, 0.1) is 18.8 Å². The van der Waals surface area contributed by atoms with Gasteiger partial charge in [0.1, 0.15) is 5.75 Å². The second-order valence-corrected chi connectivity index (χ2v) is 5.55. The molecule has 1 unspecified atom stereocenters. The number of hydrogen-bond donors (Lipinski definition) is 3. The lowest BCUT2D eigenvalue weighted by atomic mass is 10.2. The van der Waals surface area contributed by atoms with Crippen LogP contribution in [-0.2, 0) is 9.59 Å². The summed E-state index contributed by atoms with van der Waals surface area (Å²) in [5.41, 5.74) is 1.16. The summed E-state index contributed by atoms with van der Waals surface area (Å²) in [4.78, 5) is 25.8. The molecule has 1 heterocycles. The van der Waals surface area contributed by atoms with Crippen molar-refractivity contribution in [2.24, 2.45) is 0 Å². The molecule has 1 aromatic carbocycles. The van der Waals surface area contributed by atoms with Crippen LogP contribution in [0.1, 0.15) is 13.8 Å². The molecule has 3 N–H and O–H groups in total. The number of benzene rings is 1. The van der Waals surface area contributed by atoms with Crippen molar-refractivity contribution in [1.29, 1.82) is 0 Å². The normalized spacial score (nSPS) is 15.2. The molecular weight excluding hydrogens is 367 g/mol. The van der Waals surface area contributed by atoms with Crippen molar-refractivity contribution in [3.8, 4) is 5.75 Å². The van der Waals surface area contributed by atoms with E-state index in [9.17, 15) is 9.59 Å². The van der Waals surface area contributed by atoms with Crippen LogP contribution in [0.4, 0.5) is 11.4 Å². The number of amides is 2. The average molecular weight is 393 g/mol. The molecule has 0 saturated carbocycles. The number of carbonyl (C=O) groups is 2. The van der Waals surface area contributed by atoms with Gasteiger partial charge in [-0.1, -0.05) is 0 Å². The van der Waals surface area contributed by atoms with Crippen LogP contribution < -0.4 is 20.7 Å². The van der Waals surface area contributed by atoms with Crippen molar-refractivity contribution in [2.45, 2.75) is 19.9 Å². The van der Waals surface area contributed by atoms with Crippen molar-refractivity contribution in [1.82, 2.24) is 10.2 Å². The Bertz CT molecular complexity index is 580. The highest BCUT2D eigenvalue weighted by molar-refractivity contribution is 5.97. The van der Waals surface area contributed by atoms with Gasteiger partial charge in [0.15, 0.2) is 0 Å². The number of methoxy groups -OCH3 is 1. The van der Waals surface area contributed by atoms with E-state index in [1.54, 1.807) is 25.3 Å². The fraction of sp³-hybridized carbons (Fsp3) is 0.500. The molecule has 1 fully saturated rings. The van der Waals surface area contributed by atoms with Gasteiger partial charge in [0.25, 0.3) is 0 Å². The first kappa shape index (κ1) is 23.5. The Morgan fingerprint density at radius 1 is 1.20 bits per heavy atom. The van der Waals surface area contributed by atoms with Crippen LogP contribution in [0.3, 0.4) is 0 Å². The zero-order chi connectivity index (χ0) is 16.8. The molecule has 1 aliphatic heterocycles. The van der Waals surface area contributed by atoms with E-state index in [1.807, 2.05) is 6.92 Å². The fourth-order valence-electron chi connectivity index (χ4n) is 2.56. The molecule has 25 heavy (non-hydrogen) atoms. The standard InChI is InChI=1S/C16H24N4O3.2ClH/c1-11(20-8-6-17-7-9-20)16(22)19-14-10-13(18-12(2)21)4-5-15(14)23-3;;/h4-5,10-11,17H,6-9H2,1-3H3,(H,18,21)(H,19,22);2*1H. The topological polar surface area (TPSA) is 82.7 Å². The molecule has 7 nitrogen and oxygen atoms in total. The maximum Gasteiger partial charge on any atom is 0.241 e. The molecule has 1 saturated heterocycles. The van der Waals surface area contributed by atoms with E-state index in [1.165, 1.54) is 6.92 Å². The van der Waals surface area contributed by atoms with Crippen LogP contribution in [0.15, 0.2) is 18.2 Å². The molecule has 0 radical (unpaired) electrons. The second kappa shape index (κ2) is 11.1. The highest BCUT2D eigenvalue weighted by Crippen LogP contribution is 2.28. The van der Waals surface area contributed by atoms with E-state index >= 15 is 0 Å². The number of carbonyl (C=O) groups excluding carboxylic acids is 2. The maximum atomic E-state index is 12.5. The van der Waals surface area contributed by atoms with Gasteiger partial charge in [-0.25, -0.2) is 0 Å². The van der Waals surface area contributed by atoms with Crippen LogP contribution in [0.5, 0.6) is 5.75 Å². The highest BCUT2D eigenvalue weighted by atomic mass is 35.5. The first-order valence-corrected chi connectivity index (χ1v) is 7.72. The van der Waals surface area contributed by atoms with Gasteiger partial charge in [-0.15, -0.1) is 24.8 Å². The van der Waals surface area contributed by atoms with Gasteiger partial charge >= 0.3 is 0 Å². The van der Waals surface area contributed by atoms with Crippen LogP contribution in [-0.4, -0.2) is 56.0 Å². The number of rotatable bonds is 5. The van der Waals surface area contributed by atoms with Crippen LogP contribution in [0, 0.1) is 0 Å². The van der Waals surface area contributed by atoms with Crippen molar-refractivity contribution in [3.63, 3.8) is 0 Å². The smallest absolute Gasteiger partial charge is 0.241 e. The van der Waals surface area contributed by atoms with E-state index in [2.05, 4.69) is 20.9 Å². The Morgan fingerprint density at radius 3 is 2.40 bits per heavy atom. The van der Waals surface area contributed by atoms with Gasteiger partial charge in [-0.3, -0.25) is 14.5 Å². The summed E-state index contributed by atoms with van der Waals surface area (Å²) in [5, 5.41) is 8.86. The molecule has 0 spiro atoms. The summed E-state index contributed by atoms with van der Waals surface area (Å²) in [5.74, 6) is 0.298. The fourth-order valence-corrected chi connectivity index (χ4v) is 2.56. The lowest BCUT2D eigenvalue weighted by Crippen LogP contribution is -2.51. The Morgan fingerprint density at radius 2 is 1.84 bits per heavy atom. The molecule has 0 bridgehead atoms. The van der Waals surface area contributed by atoms with Gasteiger partial charge < -0.3 is 20.7 Å². The summed E-state index contributed by atoms with van der Waals surface area (Å²) in [6.45, 7) is 6.80. The predicted octanol–water partition coefficient (Wildman–Crippen LogP) is 1.73. The van der Waals surface area contributed by atoms with Crippen molar-refractivity contribution in [3.05, 3.63) is 18.2 Å². The maximum absolute atomic E-state index is 12.5. The molecule has 2 amide bonds. The first-order valence-electron chi connectivity index (χ1n) is 7.72. The van der Waals surface area contributed by atoms with Gasteiger partial charge in [0, 0.05) is 38.8 Å². The molecule has 0 aromatic heterocycles. The lowest BCUT2D eigenvalue weighted by molar-refractivity contribution is -0.121. The summed E-state index contributed by atoms with van der Waals surface area (Å²) < 4.78 is 5.28. The molecule has 1 atom stereocenters. The molecular formula is C16H26Cl2N4O3. The number of anilines is 2. The second-order valence-electron chi connectivity index (χ2n) is 5.55. The van der Waals surface area contributed by atoms with E-state index in [-0.39, 0.29) is 42.7 Å². The predicted molar refractivity (Wildman–Crippen MR) is 104 cm³/mol. The molecule has 142 valence electrons. The Labute approximate surface area is 160 Å². The summed E-state index contributed by atoms with van der Waals surface area (Å²) in [6, 6.07) is 4.92. The minimum absolute atomic E-state index is 0. The monoisotopic (exact) mass is 392 g/mol. The minimum Gasteiger partial charge on any atom is -0.495 e. The Kier molecular flexibility index (Phi) is 10.5. The molecule has 1 aliphatic rings. The van der Waals surface area contributed by atoms with Gasteiger partial charge in [-0.05, 0) is 25.1 Å². The lowest BCUT2D eigenvalue weighted by Gasteiger charge is -2.31. The third-order valence-corrected chi connectivity index (χ3v) is 3.86. The van der Waals surface area contributed by atoms with Gasteiger partial charge in [0.2, 0.25) is 11.8 Å². The number of nitrogens with one attached hydrogen (secondary N) is 3. The Balaban J connectivity index is 0.00000288. The number of nitrogens with zero attached hydrogens (tertiary/aromatic N) is 1. The summed E-state index contributed by atoms with van der Waals surface area (Å²) in [7, 11) is 1.54. The third-order valence-electron chi connectivity index (χ3n) is 3.86. The highest BCUT2D eigenvalue weighted by Gasteiger charge is 2.23. The molecule has 1 aromatic rings. The van der Waals surface area contributed by atoms with E-state index < -0.39 is 0 Å². The minimum atomic E-state index is -0.230. The molecule has 2 rings (SSSR count). The number of halogens is 2. The first-order chi connectivity index (χ1) is 11.0. The number of piperazine rings is 1. The average Bonchev–Trinajstić information content (AvgIpc) is 2.54. The van der Waals surface area contributed by atoms with Crippen molar-refractivity contribution < 1.29 is 14.3 Å². The largest absolute Gasteiger partial charge is 0.495 e. The quantitative estimate of drug-likeness (QED) is 0.710. The Hall–Kier alpha value is -1.54. The molecule has 9 heteroatoms. The van der Waals surface area contributed by atoms with E-state index in [4.69, 9.17) is 4.74 Å². The van der Waals surface area contributed by atoms with Crippen molar-refractivity contribution in [2.75, 3.05) is 43.9 Å². The number of ether oxygens (including phenoxy) is 1. The van der Waals surface area contributed by atoms with Crippen LogP contribution in [0.25, 0.3) is 0 Å². The zero-order valence-corrected chi connectivity index (χ0v) is 16.3. The summed E-state index contributed by atoms with van der Waals surface area (Å²) >= 11 is 0.